The predicted octanol–water partition coefficient (Wildman–Crippen LogP) is 0.0144. The van der Waals surface area contributed by atoms with Crippen molar-refractivity contribution < 1.29 is 22.7 Å². The molecule has 0 spiro atoms. The molecule has 1 atom stereocenters. The molecule has 2 saturated heterocycles. The highest BCUT2D eigenvalue weighted by atomic mass is 32.2. The summed E-state index contributed by atoms with van der Waals surface area (Å²) >= 11 is 0. The number of sulfonamides is 1. The molecule has 0 radical (unpaired) electrons. The summed E-state index contributed by atoms with van der Waals surface area (Å²) in [5.74, 6) is -0.456. The van der Waals surface area contributed by atoms with Gasteiger partial charge in [-0.25, -0.2) is 8.42 Å². The highest BCUT2D eigenvalue weighted by molar-refractivity contribution is 7.89. The van der Waals surface area contributed by atoms with Crippen molar-refractivity contribution >= 4 is 21.8 Å². The van der Waals surface area contributed by atoms with Crippen LogP contribution in [0.2, 0.25) is 0 Å². The van der Waals surface area contributed by atoms with Crippen LogP contribution >= 0.6 is 0 Å². The number of ether oxygens (including phenoxy) is 1. The van der Waals surface area contributed by atoms with E-state index in [9.17, 15) is 18.0 Å². The smallest absolute Gasteiger partial charge is 0.243 e. The second-order valence-corrected chi connectivity index (χ2v) is 8.71. The standard InChI is InChI=1S/C18H25N3O5S/c1-26-12-11-20-14-15(13-17(20)22)18(23)19-7-9-21(10-8-19)27(24,25)16-5-3-2-4-6-16/h2-6,15H,7-14H2,1H3/t15-/m1/s1. The lowest BCUT2D eigenvalue weighted by Gasteiger charge is -2.35. The van der Waals surface area contributed by atoms with Crippen LogP contribution in [-0.4, -0.2) is 87.3 Å². The van der Waals surface area contributed by atoms with Gasteiger partial charge in [-0.1, -0.05) is 18.2 Å². The molecule has 1 aromatic carbocycles. The molecule has 0 unspecified atom stereocenters. The lowest BCUT2D eigenvalue weighted by molar-refractivity contribution is -0.137. The molecule has 2 amide bonds. The van der Waals surface area contributed by atoms with Gasteiger partial charge in [0.25, 0.3) is 0 Å². The second kappa shape index (κ2) is 8.37. The Kier molecular flexibility index (Phi) is 6.13. The zero-order valence-corrected chi connectivity index (χ0v) is 16.2. The first-order valence-electron chi connectivity index (χ1n) is 9.04. The first-order valence-corrected chi connectivity index (χ1v) is 10.5. The Hall–Kier alpha value is -1.97. The Morgan fingerprint density at radius 1 is 1.15 bits per heavy atom. The van der Waals surface area contributed by atoms with Crippen molar-refractivity contribution in [3.8, 4) is 0 Å². The molecule has 0 bridgehead atoms. The molecule has 8 nitrogen and oxygen atoms in total. The molecule has 0 aromatic heterocycles. The van der Waals surface area contributed by atoms with E-state index in [1.54, 1.807) is 47.2 Å². The third-order valence-corrected chi connectivity index (χ3v) is 6.97. The summed E-state index contributed by atoms with van der Waals surface area (Å²) in [5.41, 5.74) is 0. The van der Waals surface area contributed by atoms with Crippen molar-refractivity contribution in [2.75, 3.05) is 53.0 Å². The highest BCUT2D eigenvalue weighted by Crippen LogP contribution is 2.22. The predicted molar refractivity (Wildman–Crippen MR) is 98.3 cm³/mol. The van der Waals surface area contributed by atoms with Crippen LogP contribution in [0.4, 0.5) is 0 Å². The summed E-state index contributed by atoms with van der Waals surface area (Å²) in [6.07, 6.45) is 0.213. The number of likely N-dealkylation sites (tertiary alicyclic amines) is 1. The summed E-state index contributed by atoms with van der Waals surface area (Å²) < 4.78 is 31.7. The minimum atomic E-state index is -3.54. The zero-order chi connectivity index (χ0) is 19.4. The lowest BCUT2D eigenvalue weighted by atomic mass is 10.1. The van der Waals surface area contributed by atoms with Gasteiger partial charge in [0.1, 0.15) is 0 Å². The van der Waals surface area contributed by atoms with Gasteiger partial charge < -0.3 is 14.5 Å². The number of nitrogens with zero attached hydrogens (tertiary/aromatic N) is 3. The van der Waals surface area contributed by atoms with Crippen molar-refractivity contribution in [2.45, 2.75) is 11.3 Å². The fourth-order valence-electron chi connectivity index (χ4n) is 3.50. The van der Waals surface area contributed by atoms with Gasteiger partial charge >= 0.3 is 0 Å². The normalized spacial score (nSPS) is 21.7. The van der Waals surface area contributed by atoms with Crippen molar-refractivity contribution in [2.24, 2.45) is 5.92 Å². The fourth-order valence-corrected chi connectivity index (χ4v) is 4.95. The zero-order valence-electron chi connectivity index (χ0n) is 15.4. The average molecular weight is 395 g/mol. The molecule has 0 N–H and O–H groups in total. The molecule has 0 saturated carbocycles. The molecule has 2 aliphatic heterocycles. The van der Waals surface area contributed by atoms with Crippen molar-refractivity contribution in [3.05, 3.63) is 30.3 Å². The molecule has 2 aliphatic rings. The number of piperazine rings is 1. The van der Waals surface area contributed by atoms with E-state index in [1.165, 1.54) is 4.31 Å². The van der Waals surface area contributed by atoms with Gasteiger partial charge in [-0.2, -0.15) is 4.31 Å². The van der Waals surface area contributed by atoms with Gasteiger partial charge in [0.05, 0.1) is 17.4 Å². The van der Waals surface area contributed by atoms with Crippen molar-refractivity contribution in [1.82, 2.24) is 14.1 Å². The largest absolute Gasteiger partial charge is 0.383 e. The van der Waals surface area contributed by atoms with Crippen molar-refractivity contribution in [3.63, 3.8) is 0 Å². The Morgan fingerprint density at radius 3 is 2.44 bits per heavy atom. The van der Waals surface area contributed by atoms with Crippen LogP contribution < -0.4 is 0 Å². The van der Waals surface area contributed by atoms with Gasteiger partial charge in [0.2, 0.25) is 21.8 Å². The average Bonchev–Trinajstić information content (AvgIpc) is 3.07. The van der Waals surface area contributed by atoms with E-state index in [0.717, 1.165) is 0 Å². The maximum Gasteiger partial charge on any atom is 0.243 e. The van der Waals surface area contributed by atoms with Crippen LogP contribution in [0.15, 0.2) is 35.2 Å². The summed E-state index contributed by atoms with van der Waals surface area (Å²) in [5, 5.41) is 0. The Labute approximate surface area is 159 Å². The van der Waals surface area contributed by atoms with Crippen LogP contribution in [0, 0.1) is 5.92 Å². The summed E-state index contributed by atoms with van der Waals surface area (Å²) in [6, 6.07) is 8.31. The second-order valence-electron chi connectivity index (χ2n) is 6.78. The van der Waals surface area contributed by atoms with Gasteiger partial charge in [-0.05, 0) is 12.1 Å². The minimum Gasteiger partial charge on any atom is -0.383 e. The van der Waals surface area contributed by atoms with Crippen LogP contribution in [0.3, 0.4) is 0 Å². The number of methoxy groups -OCH3 is 1. The molecular formula is C18H25N3O5S. The summed E-state index contributed by atoms with van der Waals surface area (Å²) in [7, 11) is -1.96. The Balaban J connectivity index is 1.56. The summed E-state index contributed by atoms with van der Waals surface area (Å²) in [6.45, 7) is 2.55. The minimum absolute atomic E-state index is 0.0318. The number of carbonyl (C=O) groups is 2. The Bertz CT molecular complexity index is 775. The van der Waals surface area contributed by atoms with E-state index in [2.05, 4.69) is 0 Å². The first-order chi connectivity index (χ1) is 12.9. The maximum absolute atomic E-state index is 12.7. The number of hydrogen-bond acceptors (Lipinski definition) is 5. The Morgan fingerprint density at radius 2 is 1.81 bits per heavy atom. The topological polar surface area (TPSA) is 87.2 Å². The number of hydrogen-bond donors (Lipinski definition) is 0. The SMILES string of the molecule is COCCN1C[C@H](C(=O)N2CCN(S(=O)(=O)c3ccccc3)CC2)CC1=O. The number of carbonyl (C=O) groups excluding carboxylic acids is 2. The maximum atomic E-state index is 12.7. The molecule has 3 rings (SSSR count). The van der Waals surface area contributed by atoms with Gasteiger partial charge in [0.15, 0.2) is 0 Å². The third kappa shape index (κ3) is 4.31. The molecule has 148 valence electrons. The molecule has 9 heteroatoms. The molecule has 0 aliphatic carbocycles. The van der Waals surface area contributed by atoms with Gasteiger partial charge in [0, 0.05) is 52.8 Å². The highest BCUT2D eigenvalue weighted by Gasteiger charge is 2.38. The molecule has 1 aromatic rings. The van der Waals surface area contributed by atoms with Crippen LogP contribution in [0.1, 0.15) is 6.42 Å². The van der Waals surface area contributed by atoms with E-state index in [-0.39, 0.29) is 42.1 Å². The molecule has 2 heterocycles. The van der Waals surface area contributed by atoms with Crippen molar-refractivity contribution in [1.29, 1.82) is 0 Å². The van der Waals surface area contributed by atoms with E-state index >= 15 is 0 Å². The quantitative estimate of drug-likeness (QED) is 0.677. The molecule has 2 fully saturated rings. The van der Waals surface area contributed by atoms with Crippen LogP contribution in [0.5, 0.6) is 0 Å². The van der Waals surface area contributed by atoms with Gasteiger partial charge in [-0.3, -0.25) is 9.59 Å². The molecule has 27 heavy (non-hydrogen) atoms. The van der Waals surface area contributed by atoms with Crippen LogP contribution in [-0.2, 0) is 24.3 Å². The van der Waals surface area contributed by atoms with E-state index in [0.29, 0.717) is 32.8 Å². The van der Waals surface area contributed by atoms with Crippen LogP contribution in [0.25, 0.3) is 0 Å². The van der Waals surface area contributed by atoms with E-state index in [4.69, 9.17) is 4.74 Å². The monoisotopic (exact) mass is 395 g/mol. The third-order valence-electron chi connectivity index (χ3n) is 5.06. The number of benzene rings is 1. The first kappa shape index (κ1) is 19.8. The van der Waals surface area contributed by atoms with E-state index in [1.807, 2.05) is 0 Å². The molecular weight excluding hydrogens is 370 g/mol. The lowest BCUT2D eigenvalue weighted by Crippen LogP contribution is -2.52. The van der Waals surface area contributed by atoms with E-state index < -0.39 is 10.0 Å². The summed E-state index contributed by atoms with van der Waals surface area (Å²) in [4.78, 5) is 28.4. The fraction of sp³-hybridized carbons (Fsp3) is 0.556. The number of amides is 2. The number of rotatable bonds is 6. The van der Waals surface area contributed by atoms with Gasteiger partial charge in [-0.15, -0.1) is 0 Å².